The van der Waals surface area contributed by atoms with Crippen molar-refractivity contribution in [1.82, 2.24) is 4.90 Å². The van der Waals surface area contributed by atoms with Gasteiger partial charge in [-0.05, 0) is 102 Å². The Balaban J connectivity index is 1.48. The molecular formula is C32H33F4N. The van der Waals surface area contributed by atoms with Crippen LogP contribution in [0.3, 0.4) is 0 Å². The monoisotopic (exact) mass is 507 g/mol. The number of rotatable bonds is 7. The number of hydrogen-bond donors (Lipinski definition) is 0. The van der Waals surface area contributed by atoms with E-state index in [4.69, 9.17) is 0 Å². The first-order chi connectivity index (χ1) is 17.8. The molecule has 194 valence electrons. The molecule has 0 saturated carbocycles. The Morgan fingerprint density at radius 1 is 0.892 bits per heavy atom. The van der Waals surface area contributed by atoms with Crippen LogP contribution in [-0.2, 0) is 19.0 Å². The zero-order valence-corrected chi connectivity index (χ0v) is 21.3. The predicted octanol–water partition coefficient (Wildman–Crippen LogP) is 8.14. The van der Waals surface area contributed by atoms with Crippen LogP contribution in [0.2, 0.25) is 0 Å². The number of benzene rings is 3. The largest absolute Gasteiger partial charge is 0.416 e. The van der Waals surface area contributed by atoms with Crippen LogP contribution in [0.15, 0.2) is 66.7 Å². The number of likely N-dealkylation sites (tertiary alicyclic amines) is 1. The minimum atomic E-state index is -4.35. The van der Waals surface area contributed by atoms with Crippen LogP contribution in [0.25, 0.3) is 11.1 Å². The maximum absolute atomic E-state index is 13.4. The van der Waals surface area contributed by atoms with E-state index in [1.807, 2.05) is 6.07 Å². The maximum Gasteiger partial charge on any atom is 0.416 e. The van der Waals surface area contributed by atoms with Crippen LogP contribution in [0, 0.1) is 12.8 Å². The molecule has 5 rings (SSSR count). The van der Waals surface area contributed by atoms with Gasteiger partial charge in [0.25, 0.3) is 0 Å². The Morgan fingerprint density at radius 2 is 1.65 bits per heavy atom. The van der Waals surface area contributed by atoms with E-state index >= 15 is 0 Å². The van der Waals surface area contributed by atoms with E-state index in [0.717, 1.165) is 67.6 Å². The second-order valence-corrected chi connectivity index (χ2v) is 10.5. The van der Waals surface area contributed by atoms with Gasteiger partial charge in [0.1, 0.15) is 0 Å². The van der Waals surface area contributed by atoms with Crippen molar-refractivity contribution >= 4 is 11.1 Å². The highest BCUT2D eigenvalue weighted by atomic mass is 19.4. The van der Waals surface area contributed by atoms with Crippen molar-refractivity contribution in [2.24, 2.45) is 5.92 Å². The van der Waals surface area contributed by atoms with E-state index in [9.17, 15) is 17.6 Å². The minimum Gasteiger partial charge on any atom is -0.303 e. The highest BCUT2D eigenvalue weighted by molar-refractivity contribution is 6.00. The van der Waals surface area contributed by atoms with Gasteiger partial charge in [-0.2, -0.15) is 13.2 Å². The van der Waals surface area contributed by atoms with Gasteiger partial charge in [-0.3, -0.25) is 4.39 Å². The average molecular weight is 508 g/mol. The summed E-state index contributed by atoms with van der Waals surface area (Å²) in [4.78, 5) is 2.31. The Bertz CT molecular complexity index is 1270. The Morgan fingerprint density at radius 3 is 2.35 bits per heavy atom. The maximum atomic E-state index is 13.4. The van der Waals surface area contributed by atoms with Crippen LogP contribution >= 0.6 is 0 Å². The lowest BCUT2D eigenvalue weighted by molar-refractivity contribution is -0.137. The van der Waals surface area contributed by atoms with Gasteiger partial charge in [0.2, 0.25) is 0 Å². The normalized spacial score (nSPS) is 16.9. The standard InChI is InChI=1S/C32H33F4N/c1-22-18-27(32(34,35)36)14-15-28(22)30-9-4-7-25-6-2-3-8-29(25)31(30)26-12-10-23(11-13-26)19-24-20-37(21-24)17-5-16-33/h2-3,6,8,10-15,18,24H,4-5,7,9,16-17,19-21H2,1H3. The van der Waals surface area contributed by atoms with Crippen molar-refractivity contribution in [2.75, 3.05) is 26.3 Å². The van der Waals surface area contributed by atoms with Crippen molar-refractivity contribution < 1.29 is 17.6 Å². The summed E-state index contributed by atoms with van der Waals surface area (Å²) in [7, 11) is 0. The van der Waals surface area contributed by atoms with Gasteiger partial charge >= 0.3 is 6.18 Å². The van der Waals surface area contributed by atoms with Crippen molar-refractivity contribution in [1.29, 1.82) is 0 Å². The average Bonchev–Trinajstić information content (AvgIpc) is 3.05. The lowest BCUT2D eigenvalue weighted by atomic mass is 9.85. The molecule has 1 saturated heterocycles. The van der Waals surface area contributed by atoms with Crippen LogP contribution in [0.1, 0.15) is 58.2 Å². The molecule has 1 fully saturated rings. The fourth-order valence-electron chi connectivity index (χ4n) is 5.92. The third-order valence-corrected chi connectivity index (χ3v) is 7.75. The molecule has 0 N–H and O–H groups in total. The molecule has 0 bridgehead atoms. The van der Waals surface area contributed by atoms with Crippen molar-refractivity contribution in [2.45, 2.75) is 45.2 Å². The Hall–Kier alpha value is -2.92. The zero-order chi connectivity index (χ0) is 26.0. The summed E-state index contributed by atoms with van der Waals surface area (Å²) in [6.07, 6.45) is -0.0198. The van der Waals surface area contributed by atoms with Crippen molar-refractivity contribution in [3.63, 3.8) is 0 Å². The molecule has 0 unspecified atom stereocenters. The SMILES string of the molecule is Cc1cc(C(F)(F)F)ccc1C1=C(c2ccc(CC3CN(CCCF)C3)cc2)c2ccccc2CCC1. The lowest BCUT2D eigenvalue weighted by Gasteiger charge is -2.39. The van der Waals surface area contributed by atoms with E-state index in [1.54, 1.807) is 13.0 Å². The molecule has 0 aromatic heterocycles. The first-order valence-corrected chi connectivity index (χ1v) is 13.2. The van der Waals surface area contributed by atoms with Crippen molar-refractivity contribution in [3.8, 4) is 0 Å². The Labute approximate surface area is 216 Å². The third-order valence-electron chi connectivity index (χ3n) is 7.75. The summed E-state index contributed by atoms with van der Waals surface area (Å²) < 4.78 is 52.5. The molecule has 37 heavy (non-hydrogen) atoms. The van der Waals surface area contributed by atoms with Crippen molar-refractivity contribution in [3.05, 3.63) is 106 Å². The molecule has 0 atom stereocenters. The van der Waals surface area contributed by atoms with Crippen LogP contribution in [0.4, 0.5) is 17.6 Å². The van der Waals surface area contributed by atoms with Gasteiger partial charge in [-0.25, -0.2) is 0 Å². The fourth-order valence-corrected chi connectivity index (χ4v) is 5.92. The molecule has 0 spiro atoms. The summed E-state index contributed by atoms with van der Waals surface area (Å²) in [6.45, 7) is 4.42. The fraction of sp³-hybridized carbons (Fsp3) is 0.375. The summed E-state index contributed by atoms with van der Waals surface area (Å²) in [5, 5.41) is 0. The van der Waals surface area contributed by atoms with Crippen LogP contribution in [0.5, 0.6) is 0 Å². The minimum absolute atomic E-state index is 0.254. The number of hydrogen-bond acceptors (Lipinski definition) is 1. The van der Waals surface area contributed by atoms with Crippen LogP contribution < -0.4 is 0 Å². The Kier molecular flexibility index (Phi) is 7.52. The first-order valence-electron chi connectivity index (χ1n) is 13.2. The van der Waals surface area contributed by atoms with Crippen LogP contribution in [-0.4, -0.2) is 31.2 Å². The predicted molar refractivity (Wildman–Crippen MR) is 142 cm³/mol. The molecule has 2 aliphatic rings. The summed E-state index contributed by atoms with van der Waals surface area (Å²) >= 11 is 0. The van der Waals surface area contributed by atoms with E-state index < -0.39 is 11.7 Å². The molecule has 3 aromatic carbocycles. The summed E-state index contributed by atoms with van der Waals surface area (Å²) in [6, 6.07) is 21.3. The second-order valence-electron chi connectivity index (χ2n) is 10.5. The van der Waals surface area contributed by atoms with Gasteiger partial charge in [-0.1, -0.05) is 54.6 Å². The number of allylic oxidation sites excluding steroid dienone is 1. The topological polar surface area (TPSA) is 3.24 Å². The van der Waals surface area contributed by atoms with Gasteiger partial charge < -0.3 is 4.90 Å². The quantitative estimate of drug-likeness (QED) is 0.292. The van der Waals surface area contributed by atoms with E-state index in [2.05, 4.69) is 47.4 Å². The number of halogens is 4. The second kappa shape index (κ2) is 10.8. The highest BCUT2D eigenvalue weighted by Gasteiger charge is 2.31. The van der Waals surface area contributed by atoms with Gasteiger partial charge in [-0.15, -0.1) is 0 Å². The highest BCUT2D eigenvalue weighted by Crippen LogP contribution is 2.42. The van der Waals surface area contributed by atoms with E-state index in [-0.39, 0.29) is 6.67 Å². The molecule has 1 nitrogen and oxygen atoms in total. The number of fused-ring (bicyclic) bond motifs is 1. The summed E-state index contributed by atoms with van der Waals surface area (Å²) in [5.74, 6) is 0.605. The molecule has 3 aromatic rings. The van der Waals surface area contributed by atoms with Gasteiger partial charge in [0.05, 0.1) is 12.2 Å². The van der Waals surface area contributed by atoms with E-state index in [1.165, 1.54) is 28.8 Å². The molecule has 1 heterocycles. The molecular weight excluding hydrogens is 474 g/mol. The third kappa shape index (κ3) is 5.67. The first kappa shape index (κ1) is 25.7. The molecule has 0 radical (unpaired) electrons. The molecule has 0 amide bonds. The molecule has 5 heteroatoms. The summed E-state index contributed by atoms with van der Waals surface area (Å²) in [5.41, 5.74) is 8.03. The smallest absolute Gasteiger partial charge is 0.303 e. The number of alkyl halides is 4. The number of aryl methyl sites for hydroxylation is 2. The number of nitrogens with zero attached hydrogens (tertiary/aromatic N) is 1. The van der Waals surface area contributed by atoms with Gasteiger partial charge in [0.15, 0.2) is 0 Å². The van der Waals surface area contributed by atoms with E-state index in [0.29, 0.717) is 17.9 Å². The molecule has 1 aliphatic heterocycles. The van der Waals surface area contributed by atoms with Gasteiger partial charge in [0, 0.05) is 19.6 Å². The zero-order valence-electron chi connectivity index (χ0n) is 21.3. The lowest BCUT2D eigenvalue weighted by Crippen LogP contribution is -2.47. The molecule has 1 aliphatic carbocycles.